The molecule has 1 atom stereocenters. The Balaban J connectivity index is 1.83. The Kier molecular flexibility index (Phi) is 7.76. The number of carbonyl (C=O) groups excluding carboxylic acids is 4. The maximum Gasteiger partial charge on any atom is 0.355 e. The third kappa shape index (κ3) is 5.29. The molecule has 0 N–H and O–H groups in total. The average Bonchev–Trinajstić information content (AvgIpc) is 3.11. The molecule has 0 radical (unpaired) electrons. The molecule has 0 spiro atoms. The quantitative estimate of drug-likeness (QED) is 0.350. The molecule has 0 aromatic heterocycles. The summed E-state index contributed by atoms with van der Waals surface area (Å²) in [5, 5.41) is 0. The predicted molar refractivity (Wildman–Crippen MR) is 124 cm³/mol. The van der Waals surface area contributed by atoms with Crippen LogP contribution in [0.2, 0.25) is 0 Å². The summed E-state index contributed by atoms with van der Waals surface area (Å²) in [6, 6.07) is 14.7. The topological polar surface area (TPSA) is 99.2 Å². The molecule has 3 rings (SSSR count). The van der Waals surface area contributed by atoms with Crippen LogP contribution in [0.4, 0.5) is 5.69 Å². The summed E-state index contributed by atoms with van der Waals surface area (Å²) in [6.45, 7) is 1.51. The molecule has 34 heavy (non-hydrogen) atoms. The minimum Gasteiger partial charge on any atom is -0.465 e. The second-order valence-corrected chi connectivity index (χ2v) is 7.14. The van der Waals surface area contributed by atoms with E-state index < -0.39 is 24.0 Å². The van der Waals surface area contributed by atoms with Crippen LogP contribution < -0.4 is 4.90 Å². The Morgan fingerprint density at radius 1 is 0.765 bits per heavy atom. The van der Waals surface area contributed by atoms with Crippen LogP contribution >= 0.6 is 0 Å². The van der Waals surface area contributed by atoms with Crippen LogP contribution in [-0.4, -0.2) is 44.0 Å². The third-order valence-electron chi connectivity index (χ3n) is 4.98. The highest BCUT2D eigenvalue weighted by Gasteiger charge is 2.27. The minimum atomic E-state index is -0.967. The second kappa shape index (κ2) is 10.9. The normalized spacial score (nSPS) is 13.7. The Morgan fingerprint density at radius 2 is 1.41 bits per heavy atom. The zero-order valence-corrected chi connectivity index (χ0v) is 18.9. The van der Waals surface area contributed by atoms with E-state index in [4.69, 9.17) is 14.2 Å². The number of benzene rings is 2. The molecule has 1 aliphatic rings. The molecule has 2 aromatic carbocycles. The monoisotopic (exact) mass is 461 g/mol. The average molecular weight is 461 g/mol. The van der Waals surface area contributed by atoms with Crippen molar-refractivity contribution in [3.63, 3.8) is 0 Å². The molecule has 0 fully saturated rings. The van der Waals surface area contributed by atoms with Crippen molar-refractivity contribution in [1.82, 2.24) is 0 Å². The van der Waals surface area contributed by atoms with Gasteiger partial charge in [-0.3, -0.25) is 4.79 Å². The molecule has 0 saturated heterocycles. The lowest BCUT2D eigenvalue weighted by Crippen LogP contribution is -2.27. The first-order valence-electron chi connectivity index (χ1n) is 10.3. The molecule has 0 bridgehead atoms. The van der Waals surface area contributed by atoms with Gasteiger partial charge in [0, 0.05) is 17.5 Å². The molecular formula is C26H23NO7. The van der Waals surface area contributed by atoms with E-state index in [9.17, 15) is 19.2 Å². The van der Waals surface area contributed by atoms with E-state index in [2.05, 4.69) is 0 Å². The van der Waals surface area contributed by atoms with Gasteiger partial charge in [0.15, 0.2) is 6.10 Å². The highest BCUT2D eigenvalue weighted by atomic mass is 16.5. The predicted octanol–water partition coefficient (Wildman–Crippen LogP) is 3.60. The minimum absolute atomic E-state index is 0.0103. The van der Waals surface area contributed by atoms with Gasteiger partial charge in [-0.25, -0.2) is 14.4 Å². The molecule has 0 amide bonds. The van der Waals surface area contributed by atoms with Crippen molar-refractivity contribution in [2.24, 2.45) is 0 Å². The van der Waals surface area contributed by atoms with Gasteiger partial charge < -0.3 is 19.1 Å². The van der Waals surface area contributed by atoms with Gasteiger partial charge in [0.1, 0.15) is 5.70 Å². The molecule has 1 heterocycles. The zero-order valence-electron chi connectivity index (χ0n) is 18.9. The smallest absolute Gasteiger partial charge is 0.355 e. The molecule has 0 aliphatic carbocycles. The number of hydrogen-bond donors (Lipinski definition) is 0. The summed E-state index contributed by atoms with van der Waals surface area (Å²) in [5.41, 5.74) is 1.10. The Morgan fingerprint density at radius 3 is 2.03 bits per heavy atom. The standard InChI is InChI=1S/C26H23NO7/c1-17(23(28)18-9-5-4-6-10-18)34-24(29)19-12-14-20(15-13-19)27-16-8-7-11-21(25(30)32-2)22(27)26(31)33-3/h4-17H,1-3H3. The molecule has 8 nitrogen and oxygen atoms in total. The van der Waals surface area contributed by atoms with Gasteiger partial charge in [-0.05, 0) is 43.3 Å². The number of esters is 3. The van der Waals surface area contributed by atoms with Crippen LogP contribution in [0.1, 0.15) is 27.6 Å². The van der Waals surface area contributed by atoms with Crippen molar-refractivity contribution in [2.75, 3.05) is 19.1 Å². The van der Waals surface area contributed by atoms with E-state index in [1.54, 1.807) is 60.8 Å². The first-order chi connectivity index (χ1) is 16.4. The fourth-order valence-corrected chi connectivity index (χ4v) is 3.24. The summed E-state index contributed by atoms with van der Waals surface area (Å²) in [4.78, 5) is 51.2. The van der Waals surface area contributed by atoms with E-state index in [0.29, 0.717) is 11.3 Å². The van der Waals surface area contributed by atoms with Crippen molar-refractivity contribution in [3.8, 4) is 0 Å². The van der Waals surface area contributed by atoms with Gasteiger partial charge in [-0.1, -0.05) is 36.4 Å². The number of methoxy groups -OCH3 is 2. The number of carbonyl (C=O) groups is 4. The van der Waals surface area contributed by atoms with Crippen LogP contribution in [0.25, 0.3) is 0 Å². The van der Waals surface area contributed by atoms with E-state index in [0.717, 1.165) is 0 Å². The fourth-order valence-electron chi connectivity index (χ4n) is 3.24. The number of Topliss-reactive ketones (excluding diaryl/α,β-unsaturated/α-hetero) is 1. The second-order valence-electron chi connectivity index (χ2n) is 7.14. The SMILES string of the molecule is COC(=O)C1=C(C(=O)OC)N(c2ccc(C(=O)OC(C)C(=O)c3ccccc3)cc2)C=CC=C1. The van der Waals surface area contributed by atoms with Gasteiger partial charge in [-0.2, -0.15) is 0 Å². The van der Waals surface area contributed by atoms with E-state index in [1.165, 1.54) is 44.3 Å². The maximum absolute atomic E-state index is 12.6. The molecule has 2 aromatic rings. The number of rotatable bonds is 7. The van der Waals surface area contributed by atoms with E-state index >= 15 is 0 Å². The molecule has 1 aliphatic heterocycles. The van der Waals surface area contributed by atoms with Crippen LogP contribution in [0.15, 0.2) is 90.3 Å². The lowest BCUT2D eigenvalue weighted by Gasteiger charge is -2.23. The van der Waals surface area contributed by atoms with Gasteiger partial charge in [0.2, 0.25) is 5.78 Å². The zero-order chi connectivity index (χ0) is 24.7. The first-order valence-corrected chi connectivity index (χ1v) is 10.3. The molecule has 0 saturated carbocycles. The Hall–Kier alpha value is -4.46. The van der Waals surface area contributed by atoms with Crippen molar-refractivity contribution in [2.45, 2.75) is 13.0 Å². The van der Waals surface area contributed by atoms with Crippen LogP contribution in [0.5, 0.6) is 0 Å². The van der Waals surface area contributed by atoms with Gasteiger partial charge in [-0.15, -0.1) is 0 Å². The van der Waals surface area contributed by atoms with Crippen LogP contribution in [0.3, 0.4) is 0 Å². The van der Waals surface area contributed by atoms with Crippen molar-refractivity contribution < 1.29 is 33.4 Å². The van der Waals surface area contributed by atoms with Crippen molar-refractivity contribution in [1.29, 1.82) is 0 Å². The maximum atomic E-state index is 12.6. The molecule has 8 heteroatoms. The third-order valence-corrected chi connectivity index (χ3v) is 4.98. The van der Waals surface area contributed by atoms with E-state index in [1.807, 2.05) is 0 Å². The lowest BCUT2D eigenvalue weighted by molar-refractivity contribution is -0.139. The number of allylic oxidation sites excluding steroid dienone is 2. The van der Waals surface area contributed by atoms with Crippen molar-refractivity contribution in [3.05, 3.63) is 101 Å². The number of nitrogens with zero attached hydrogens (tertiary/aromatic N) is 1. The Labute approximate surface area is 196 Å². The highest BCUT2D eigenvalue weighted by Crippen LogP contribution is 2.27. The summed E-state index contributed by atoms with van der Waals surface area (Å²) < 4.78 is 15.0. The molecular weight excluding hydrogens is 438 g/mol. The summed E-state index contributed by atoms with van der Waals surface area (Å²) >= 11 is 0. The summed E-state index contributed by atoms with van der Waals surface area (Å²) in [5.74, 6) is -2.43. The van der Waals surface area contributed by atoms with Crippen LogP contribution in [-0.2, 0) is 23.8 Å². The largest absolute Gasteiger partial charge is 0.465 e. The molecule has 1 unspecified atom stereocenters. The van der Waals surface area contributed by atoms with Gasteiger partial charge >= 0.3 is 17.9 Å². The molecule has 174 valence electrons. The number of hydrogen-bond acceptors (Lipinski definition) is 8. The van der Waals surface area contributed by atoms with E-state index in [-0.39, 0.29) is 22.6 Å². The summed E-state index contributed by atoms with van der Waals surface area (Å²) in [7, 11) is 2.42. The number of ketones is 1. The highest BCUT2D eigenvalue weighted by molar-refractivity contribution is 6.05. The lowest BCUT2D eigenvalue weighted by atomic mass is 10.1. The number of ether oxygens (including phenoxy) is 3. The van der Waals surface area contributed by atoms with Crippen LogP contribution in [0, 0.1) is 0 Å². The van der Waals surface area contributed by atoms with Gasteiger partial charge in [0.25, 0.3) is 0 Å². The van der Waals surface area contributed by atoms with Crippen molar-refractivity contribution >= 4 is 29.4 Å². The fraction of sp³-hybridized carbons (Fsp3) is 0.154. The Bertz CT molecular complexity index is 1180. The summed E-state index contributed by atoms with van der Waals surface area (Å²) in [6.07, 6.45) is 5.29. The first kappa shape index (κ1) is 24.2. The van der Waals surface area contributed by atoms with Gasteiger partial charge in [0.05, 0.1) is 25.4 Å². The number of anilines is 1.